The van der Waals surface area contributed by atoms with Crippen molar-refractivity contribution in [1.29, 1.82) is 0 Å². The summed E-state index contributed by atoms with van der Waals surface area (Å²) in [6.45, 7) is 7.23. The molecule has 96 valence electrons. The first-order chi connectivity index (χ1) is 8.74. The van der Waals surface area contributed by atoms with E-state index in [-0.39, 0.29) is 5.82 Å². The van der Waals surface area contributed by atoms with Crippen molar-refractivity contribution in [1.82, 2.24) is 15.2 Å². The Morgan fingerprint density at radius 2 is 2.06 bits per heavy atom. The number of benzene rings is 1. The molecule has 18 heavy (non-hydrogen) atoms. The quantitative estimate of drug-likeness (QED) is 0.850. The molecule has 1 fully saturated rings. The lowest BCUT2D eigenvalue weighted by Crippen LogP contribution is -2.43. The number of hydrogen-bond donors (Lipinski definition) is 2. The molecule has 0 atom stereocenters. The molecular weight excluding hydrogens is 229 g/mol. The summed E-state index contributed by atoms with van der Waals surface area (Å²) in [6, 6.07) is 4.94. The molecule has 0 unspecified atom stereocenters. The van der Waals surface area contributed by atoms with Crippen LogP contribution in [0.3, 0.4) is 0 Å². The van der Waals surface area contributed by atoms with Gasteiger partial charge >= 0.3 is 0 Å². The molecular formula is C14H18FN3. The Bertz CT molecular complexity index is 555. The van der Waals surface area contributed by atoms with Crippen LogP contribution in [0.4, 0.5) is 4.39 Å². The number of H-pyrrole nitrogens is 1. The van der Waals surface area contributed by atoms with Crippen LogP contribution in [-0.2, 0) is 6.54 Å². The summed E-state index contributed by atoms with van der Waals surface area (Å²) in [5.41, 5.74) is 3.40. The Balaban J connectivity index is 1.89. The second-order valence-electron chi connectivity index (χ2n) is 4.94. The van der Waals surface area contributed by atoms with Gasteiger partial charge in [0.1, 0.15) is 5.82 Å². The number of nitrogens with one attached hydrogen (secondary N) is 2. The first kappa shape index (κ1) is 11.7. The molecule has 0 bridgehead atoms. The van der Waals surface area contributed by atoms with Gasteiger partial charge < -0.3 is 10.3 Å². The van der Waals surface area contributed by atoms with Gasteiger partial charge in [-0.3, -0.25) is 4.90 Å². The molecule has 1 aromatic carbocycles. The molecule has 2 heterocycles. The van der Waals surface area contributed by atoms with Crippen LogP contribution < -0.4 is 5.32 Å². The summed E-state index contributed by atoms with van der Waals surface area (Å²) >= 11 is 0. The summed E-state index contributed by atoms with van der Waals surface area (Å²) in [5.74, 6) is -0.168. The molecule has 0 saturated carbocycles. The van der Waals surface area contributed by atoms with Gasteiger partial charge in [0, 0.05) is 49.3 Å². The predicted molar refractivity (Wildman–Crippen MR) is 71.1 cm³/mol. The third kappa shape index (κ3) is 2.13. The summed E-state index contributed by atoms with van der Waals surface area (Å²) in [4.78, 5) is 5.83. The molecule has 0 spiro atoms. The number of aromatic nitrogens is 1. The van der Waals surface area contributed by atoms with Crippen molar-refractivity contribution in [3.63, 3.8) is 0 Å². The van der Waals surface area contributed by atoms with E-state index in [4.69, 9.17) is 0 Å². The highest BCUT2D eigenvalue weighted by Gasteiger charge is 2.14. The normalized spacial score (nSPS) is 17.4. The fourth-order valence-electron chi connectivity index (χ4n) is 2.61. The maximum absolute atomic E-state index is 13.3. The Morgan fingerprint density at radius 1 is 1.28 bits per heavy atom. The van der Waals surface area contributed by atoms with E-state index < -0.39 is 0 Å². The minimum atomic E-state index is -0.168. The number of halogens is 1. The fourth-order valence-corrected chi connectivity index (χ4v) is 2.61. The standard InChI is InChI=1S/C14H18FN3/c1-10-12-8-11(15)2-3-13(12)17-14(10)9-18-6-4-16-5-7-18/h2-3,8,16-17H,4-7,9H2,1H3. The van der Waals surface area contributed by atoms with Crippen LogP contribution in [0.1, 0.15) is 11.3 Å². The van der Waals surface area contributed by atoms with Crippen molar-refractivity contribution in [2.24, 2.45) is 0 Å². The molecule has 1 aromatic heterocycles. The van der Waals surface area contributed by atoms with Crippen molar-refractivity contribution in [2.75, 3.05) is 26.2 Å². The lowest BCUT2D eigenvalue weighted by molar-refractivity contribution is 0.231. The van der Waals surface area contributed by atoms with Crippen molar-refractivity contribution in [2.45, 2.75) is 13.5 Å². The van der Waals surface area contributed by atoms with Crippen molar-refractivity contribution in [3.05, 3.63) is 35.3 Å². The predicted octanol–water partition coefficient (Wildman–Crippen LogP) is 2.02. The topological polar surface area (TPSA) is 31.1 Å². The van der Waals surface area contributed by atoms with Gasteiger partial charge in [0.05, 0.1) is 0 Å². The zero-order valence-corrected chi connectivity index (χ0v) is 10.6. The summed E-state index contributed by atoms with van der Waals surface area (Å²) in [7, 11) is 0. The Labute approximate surface area is 106 Å². The van der Waals surface area contributed by atoms with E-state index >= 15 is 0 Å². The Kier molecular flexibility index (Phi) is 3.06. The van der Waals surface area contributed by atoms with Gasteiger partial charge in [-0.15, -0.1) is 0 Å². The molecule has 4 heteroatoms. The van der Waals surface area contributed by atoms with Gasteiger partial charge in [-0.05, 0) is 30.7 Å². The highest BCUT2D eigenvalue weighted by atomic mass is 19.1. The number of aromatic amines is 1. The van der Waals surface area contributed by atoms with Gasteiger partial charge in [-0.1, -0.05) is 0 Å². The Morgan fingerprint density at radius 3 is 2.83 bits per heavy atom. The molecule has 2 aromatic rings. The van der Waals surface area contributed by atoms with E-state index in [9.17, 15) is 4.39 Å². The molecule has 1 aliphatic heterocycles. The van der Waals surface area contributed by atoms with Gasteiger partial charge in [-0.2, -0.15) is 0 Å². The third-order valence-corrected chi connectivity index (χ3v) is 3.72. The van der Waals surface area contributed by atoms with Crippen molar-refractivity contribution in [3.8, 4) is 0 Å². The van der Waals surface area contributed by atoms with Gasteiger partial charge in [0.2, 0.25) is 0 Å². The lowest BCUT2D eigenvalue weighted by Gasteiger charge is -2.26. The highest BCUT2D eigenvalue weighted by Crippen LogP contribution is 2.23. The van der Waals surface area contributed by atoms with Gasteiger partial charge in [0.25, 0.3) is 0 Å². The zero-order valence-electron chi connectivity index (χ0n) is 10.6. The monoisotopic (exact) mass is 247 g/mol. The van der Waals surface area contributed by atoms with Gasteiger partial charge in [-0.25, -0.2) is 4.39 Å². The van der Waals surface area contributed by atoms with Gasteiger partial charge in [0.15, 0.2) is 0 Å². The minimum absolute atomic E-state index is 0.168. The van der Waals surface area contributed by atoms with Crippen molar-refractivity contribution >= 4 is 10.9 Å². The number of rotatable bonds is 2. The molecule has 3 nitrogen and oxygen atoms in total. The molecule has 3 rings (SSSR count). The largest absolute Gasteiger partial charge is 0.357 e. The maximum Gasteiger partial charge on any atom is 0.123 e. The molecule has 0 amide bonds. The average Bonchev–Trinajstić information content (AvgIpc) is 2.68. The van der Waals surface area contributed by atoms with E-state index in [2.05, 4.69) is 22.1 Å². The number of fused-ring (bicyclic) bond motifs is 1. The van der Waals surface area contributed by atoms with Crippen LogP contribution in [0.5, 0.6) is 0 Å². The zero-order chi connectivity index (χ0) is 12.5. The number of nitrogens with zero attached hydrogens (tertiary/aromatic N) is 1. The summed E-state index contributed by atoms with van der Waals surface area (Å²) < 4.78 is 13.3. The third-order valence-electron chi connectivity index (χ3n) is 3.72. The van der Waals surface area contributed by atoms with E-state index in [0.29, 0.717) is 0 Å². The first-order valence-corrected chi connectivity index (χ1v) is 6.44. The first-order valence-electron chi connectivity index (χ1n) is 6.44. The molecule has 1 saturated heterocycles. The second-order valence-corrected chi connectivity index (χ2v) is 4.94. The van der Waals surface area contributed by atoms with Crippen LogP contribution in [0.25, 0.3) is 10.9 Å². The Hall–Kier alpha value is -1.39. The molecule has 1 aliphatic rings. The number of aryl methyl sites for hydroxylation is 1. The fraction of sp³-hybridized carbons (Fsp3) is 0.429. The SMILES string of the molecule is Cc1c(CN2CCNCC2)[nH]c2ccc(F)cc12. The van der Waals surface area contributed by atoms with Crippen LogP contribution in [-0.4, -0.2) is 36.1 Å². The molecule has 0 radical (unpaired) electrons. The van der Waals surface area contributed by atoms with E-state index in [1.807, 2.05) is 6.07 Å². The number of piperazine rings is 1. The molecule has 0 aliphatic carbocycles. The van der Waals surface area contributed by atoms with Crippen LogP contribution in [0.15, 0.2) is 18.2 Å². The smallest absolute Gasteiger partial charge is 0.123 e. The average molecular weight is 247 g/mol. The van der Waals surface area contributed by atoms with Crippen molar-refractivity contribution < 1.29 is 4.39 Å². The number of hydrogen-bond acceptors (Lipinski definition) is 2. The second kappa shape index (κ2) is 4.71. The maximum atomic E-state index is 13.3. The van der Waals surface area contributed by atoms with Crippen LogP contribution in [0, 0.1) is 12.7 Å². The van der Waals surface area contributed by atoms with E-state index in [1.165, 1.54) is 17.3 Å². The highest BCUT2D eigenvalue weighted by molar-refractivity contribution is 5.84. The lowest BCUT2D eigenvalue weighted by atomic mass is 10.1. The van der Waals surface area contributed by atoms with Crippen LogP contribution >= 0.6 is 0 Å². The summed E-state index contributed by atoms with van der Waals surface area (Å²) in [5, 5.41) is 4.35. The molecule has 2 N–H and O–H groups in total. The van der Waals surface area contributed by atoms with E-state index in [0.717, 1.165) is 43.6 Å². The van der Waals surface area contributed by atoms with Crippen LogP contribution in [0.2, 0.25) is 0 Å². The minimum Gasteiger partial charge on any atom is -0.357 e. The van der Waals surface area contributed by atoms with E-state index in [1.54, 1.807) is 6.07 Å². The summed E-state index contributed by atoms with van der Waals surface area (Å²) in [6.07, 6.45) is 0.